The topological polar surface area (TPSA) is 123 Å². The molecule has 0 aliphatic rings. The first-order valence-electron chi connectivity index (χ1n) is 6.12. The summed E-state index contributed by atoms with van der Waals surface area (Å²) < 4.78 is 5.32. The molecule has 0 saturated carbocycles. The summed E-state index contributed by atoms with van der Waals surface area (Å²) in [6.07, 6.45) is -0.162. The average molecular weight is 282 g/mol. The molecule has 0 saturated heterocycles. The Morgan fingerprint density at radius 1 is 1.25 bits per heavy atom. The van der Waals surface area contributed by atoms with Gasteiger partial charge in [-0.2, -0.15) is 0 Å². The Hall–Kier alpha value is -2.31. The molecule has 110 valence electrons. The molecule has 1 atom stereocenters. The molecule has 0 aliphatic carbocycles. The fourth-order valence-corrected chi connectivity index (χ4v) is 1.90. The number of furan rings is 1. The van der Waals surface area contributed by atoms with E-state index in [2.05, 4.69) is 5.32 Å². The molecule has 7 heteroatoms. The molecule has 1 heterocycles. The van der Waals surface area contributed by atoms with Crippen molar-refractivity contribution < 1.29 is 23.9 Å². The maximum Gasteiger partial charge on any atom is 0.326 e. The number of carboxylic acids is 1. The lowest BCUT2D eigenvalue weighted by molar-refractivity contribution is -0.139. The van der Waals surface area contributed by atoms with Crippen molar-refractivity contribution in [1.29, 1.82) is 0 Å². The van der Waals surface area contributed by atoms with Crippen LogP contribution in [0.4, 0.5) is 0 Å². The quantitative estimate of drug-likeness (QED) is 0.707. The highest BCUT2D eigenvalue weighted by atomic mass is 16.4. The summed E-state index contributed by atoms with van der Waals surface area (Å²) in [5.41, 5.74) is 5.97. The summed E-state index contributed by atoms with van der Waals surface area (Å²) in [6, 6.07) is -1.16. The van der Waals surface area contributed by atoms with Gasteiger partial charge in [0.25, 0.3) is 5.91 Å². The van der Waals surface area contributed by atoms with Crippen LogP contribution < -0.4 is 11.1 Å². The van der Waals surface area contributed by atoms with Crippen molar-refractivity contribution in [3.8, 4) is 0 Å². The van der Waals surface area contributed by atoms with Gasteiger partial charge in [0, 0.05) is 12.0 Å². The fourth-order valence-electron chi connectivity index (χ4n) is 1.90. The van der Waals surface area contributed by atoms with Gasteiger partial charge in [-0.25, -0.2) is 4.79 Å². The van der Waals surface area contributed by atoms with Crippen molar-refractivity contribution in [2.45, 2.75) is 39.7 Å². The summed E-state index contributed by atoms with van der Waals surface area (Å²) >= 11 is 0. The minimum atomic E-state index is -1.21. The number of nitrogens with one attached hydrogen (secondary N) is 1. The third-order valence-corrected chi connectivity index (χ3v) is 3.07. The van der Waals surface area contributed by atoms with Crippen molar-refractivity contribution in [3.63, 3.8) is 0 Å². The number of carboxylic acid groups (broad SMARTS) is 1. The van der Waals surface area contributed by atoms with Gasteiger partial charge in [0.1, 0.15) is 17.6 Å². The van der Waals surface area contributed by atoms with Gasteiger partial charge < -0.3 is 20.6 Å². The van der Waals surface area contributed by atoms with Gasteiger partial charge in [0.2, 0.25) is 5.91 Å². The van der Waals surface area contributed by atoms with Crippen LogP contribution >= 0.6 is 0 Å². The van der Waals surface area contributed by atoms with Crippen LogP contribution in [0.2, 0.25) is 0 Å². The lowest BCUT2D eigenvalue weighted by atomic mass is 10.1. The van der Waals surface area contributed by atoms with Crippen LogP contribution in [0.1, 0.15) is 40.3 Å². The molecular formula is C13H18N2O5. The minimum absolute atomic E-state index is 0.0503. The summed E-state index contributed by atoms with van der Waals surface area (Å²) in [5, 5.41) is 11.4. The first-order valence-corrected chi connectivity index (χ1v) is 6.12. The highest BCUT2D eigenvalue weighted by Gasteiger charge is 2.25. The zero-order chi connectivity index (χ0) is 15.4. The maximum atomic E-state index is 12.1. The van der Waals surface area contributed by atoms with Gasteiger partial charge >= 0.3 is 5.97 Å². The first kappa shape index (κ1) is 15.7. The highest BCUT2D eigenvalue weighted by molar-refractivity contribution is 5.98. The molecule has 0 radical (unpaired) electrons. The number of aliphatic carboxylic acids is 1. The molecule has 1 aromatic heterocycles. The molecule has 7 nitrogen and oxygen atoms in total. The van der Waals surface area contributed by atoms with E-state index in [1.54, 1.807) is 20.8 Å². The predicted molar refractivity (Wildman–Crippen MR) is 70.2 cm³/mol. The number of rotatable bonds is 6. The molecule has 4 N–H and O–H groups in total. The second kappa shape index (κ2) is 6.23. The van der Waals surface area contributed by atoms with Crippen LogP contribution in [0, 0.1) is 20.8 Å². The molecule has 0 aliphatic heterocycles. The van der Waals surface area contributed by atoms with Crippen LogP contribution in [0.25, 0.3) is 0 Å². The number of primary amides is 1. The van der Waals surface area contributed by atoms with E-state index in [-0.39, 0.29) is 12.8 Å². The van der Waals surface area contributed by atoms with Gasteiger partial charge in [-0.3, -0.25) is 9.59 Å². The van der Waals surface area contributed by atoms with E-state index in [9.17, 15) is 14.4 Å². The largest absolute Gasteiger partial charge is 0.480 e. The Labute approximate surface area is 116 Å². The van der Waals surface area contributed by atoms with E-state index in [0.717, 1.165) is 0 Å². The number of hydrogen-bond donors (Lipinski definition) is 3. The average Bonchev–Trinajstić information content (AvgIpc) is 2.58. The van der Waals surface area contributed by atoms with Crippen molar-refractivity contribution >= 4 is 17.8 Å². The molecule has 0 aromatic carbocycles. The van der Waals surface area contributed by atoms with E-state index in [0.29, 0.717) is 22.6 Å². The van der Waals surface area contributed by atoms with E-state index >= 15 is 0 Å². The number of carbonyl (C=O) groups is 3. The number of aryl methyl sites for hydroxylation is 2. The Morgan fingerprint density at radius 3 is 2.25 bits per heavy atom. The predicted octanol–water partition coefficient (Wildman–Crippen LogP) is 0.653. The van der Waals surface area contributed by atoms with E-state index in [1.807, 2.05) is 0 Å². The standard InChI is InChI=1S/C13H18N2O5/c1-6-7(2)20-8(3)11(6)12(17)15-9(13(18)19)4-5-10(14)16/h9H,4-5H2,1-3H3,(H2,14,16)(H,15,17)(H,18,19). The van der Waals surface area contributed by atoms with Crippen molar-refractivity contribution in [1.82, 2.24) is 5.32 Å². The Morgan fingerprint density at radius 2 is 1.85 bits per heavy atom. The molecule has 2 amide bonds. The normalized spacial score (nSPS) is 11.9. The van der Waals surface area contributed by atoms with Crippen LogP contribution in [-0.2, 0) is 9.59 Å². The summed E-state index contributed by atoms with van der Waals surface area (Å²) in [4.78, 5) is 33.9. The lowest BCUT2D eigenvalue weighted by Crippen LogP contribution is -2.41. The van der Waals surface area contributed by atoms with E-state index in [1.165, 1.54) is 0 Å². The van der Waals surface area contributed by atoms with Crippen LogP contribution in [0.3, 0.4) is 0 Å². The minimum Gasteiger partial charge on any atom is -0.480 e. The maximum absolute atomic E-state index is 12.1. The molecule has 1 unspecified atom stereocenters. The third-order valence-electron chi connectivity index (χ3n) is 3.07. The summed E-state index contributed by atoms with van der Waals surface area (Å²) in [5.74, 6) is -1.32. The van der Waals surface area contributed by atoms with E-state index < -0.39 is 23.8 Å². The van der Waals surface area contributed by atoms with Gasteiger partial charge in [0.05, 0.1) is 5.56 Å². The Kier molecular flexibility index (Phi) is 4.90. The molecular weight excluding hydrogens is 264 g/mol. The second-order valence-electron chi connectivity index (χ2n) is 4.58. The highest BCUT2D eigenvalue weighted by Crippen LogP contribution is 2.20. The molecule has 0 spiro atoms. The number of amides is 2. The van der Waals surface area contributed by atoms with Gasteiger partial charge in [-0.15, -0.1) is 0 Å². The third kappa shape index (κ3) is 3.59. The fraction of sp³-hybridized carbons (Fsp3) is 0.462. The van der Waals surface area contributed by atoms with Gasteiger partial charge in [0.15, 0.2) is 0 Å². The van der Waals surface area contributed by atoms with Crippen LogP contribution in [0.5, 0.6) is 0 Å². The number of hydrogen-bond acceptors (Lipinski definition) is 4. The second-order valence-corrected chi connectivity index (χ2v) is 4.58. The first-order chi connectivity index (χ1) is 9.23. The van der Waals surface area contributed by atoms with Crippen LogP contribution in [-0.4, -0.2) is 28.9 Å². The summed E-state index contributed by atoms with van der Waals surface area (Å²) in [6.45, 7) is 5.08. The molecule has 0 fully saturated rings. The van der Waals surface area contributed by atoms with Crippen LogP contribution in [0.15, 0.2) is 4.42 Å². The van der Waals surface area contributed by atoms with Crippen molar-refractivity contribution in [2.24, 2.45) is 5.73 Å². The monoisotopic (exact) mass is 282 g/mol. The zero-order valence-corrected chi connectivity index (χ0v) is 11.6. The molecule has 0 bridgehead atoms. The van der Waals surface area contributed by atoms with Gasteiger partial charge in [-0.1, -0.05) is 0 Å². The Bertz CT molecular complexity index is 547. The van der Waals surface area contributed by atoms with Gasteiger partial charge in [-0.05, 0) is 27.2 Å². The smallest absolute Gasteiger partial charge is 0.326 e. The number of nitrogens with two attached hydrogens (primary N) is 1. The molecule has 1 rings (SSSR count). The number of carbonyl (C=O) groups excluding carboxylic acids is 2. The van der Waals surface area contributed by atoms with Crippen molar-refractivity contribution in [2.75, 3.05) is 0 Å². The Balaban J connectivity index is 2.85. The zero-order valence-electron chi connectivity index (χ0n) is 11.6. The molecule has 1 aromatic rings. The summed E-state index contributed by atoms with van der Waals surface area (Å²) in [7, 11) is 0. The lowest BCUT2D eigenvalue weighted by Gasteiger charge is -2.13. The van der Waals surface area contributed by atoms with E-state index in [4.69, 9.17) is 15.3 Å². The van der Waals surface area contributed by atoms with Crippen molar-refractivity contribution in [3.05, 3.63) is 22.6 Å². The SMILES string of the molecule is Cc1oc(C)c(C(=O)NC(CCC(N)=O)C(=O)O)c1C. The molecule has 20 heavy (non-hydrogen) atoms.